The lowest BCUT2D eigenvalue weighted by Crippen LogP contribution is -2.61. The Hall–Kier alpha value is -2.10. The molecule has 4 saturated carbocycles. The maximum atomic E-state index is 12.7. The van der Waals surface area contributed by atoms with E-state index in [1.165, 1.54) is 25.3 Å². The van der Waals surface area contributed by atoms with Crippen LogP contribution in [0.3, 0.4) is 0 Å². The average molecular weight is 367 g/mol. The first-order valence-corrected chi connectivity index (χ1v) is 10.2. The number of ether oxygens (including phenoxy) is 1. The summed E-state index contributed by atoms with van der Waals surface area (Å²) in [7, 11) is 0. The number of carbonyl (C=O) groups is 2. The van der Waals surface area contributed by atoms with Crippen LogP contribution in [0.4, 0.5) is 0 Å². The van der Waals surface area contributed by atoms with Crippen LogP contribution < -0.4 is 5.32 Å². The van der Waals surface area contributed by atoms with Crippen molar-refractivity contribution in [1.82, 2.24) is 5.32 Å². The van der Waals surface area contributed by atoms with Crippen molar-refractivity contribution in [3.05, 3.63) is 41.5 Å². The fraction of sp³-hybridized carbons (Fsp3) is 0.565. The minimum atomic E-state index is -0.771. The molecule has 4 bridgehead atoms. The quantitative estimate of drug-likeness (QED) is 0.632. The second-order valence-electron chi connectivity index (χ2n) is 8.96. The Bertz CT molecular complexity index is 731. The number of hydrogen-bond acceptors (Lipinski definition) is 3. The molecule has 4 aliphatic carbocycles. The third-order valence-electron chi connectivity index (χ3n) is 6.68. The van der Waals surface area contributed by atoms with E-state index < -0.39 is 12.1 Å². The summed E-state index contributed by atoms with van der Waals surface area (Å²) in [5.74, 6) is 1.67. The third kappa shape index (κ3) is 3.95. The van der Waals surface area contributed by atoms with Gasteiger partial charge < -0.3 is 10.1 Å². The van der Waals surface area contributed by atoms with Crippen LogP contribution in [0.5, 0.6) is 0 Å². The lowest BCUT2D eigenvalue weighted by Gasteiger charge is -2.57. The molecule has 5 rings (SSSR count). The smallest absolute Gasteiger partial charge is 0.331 e. The Morgan fingerprint density at radius 1 is 1.11 bits per heavy atom. The summed E-state index contributed by atoms with van der Waals surface area (Å²) in [6.07, 6.45) is 9.66. The largest absolute Gasteiger partial charge is 0.449 e. The molecule has 1 amide bonds. The molecule has 0 aromatic heterocycles. The van der Waals surface area contributed by atoms with Gasteiger partial charge in [0.05, 0.1) is 0 Å². The summed E-state index contributed by atoms with van der Waals surface area (Å²) in [4.78, 5) is 24.8. The lowest BCUT2D eigenvalue weighted by molar-refractivity contribution is -0.152. The molecule has 0 radical (unpaired) electrons. The predicted molar refractivity (Wildman–Crippen MR) is 105 cm³/mol. The Labute approximate surface area is 161 Å². The highest BCUT2D eigenvalue weighted by Crippen LogP contribution is 2.55. The normalized spacial score (nSPS) is 32.4. The van der Waals surface area contributed by atoms with E-state index in [1.807, 2.05) is 31.2 Å². The van der Waals surface area contributed by atoms with E-state index >= 15 is 0 Å². The summed E-state index contributed by atoms with van der Waals surface area (Å²) in [6.45, 7) is 3.65. The number of aryl methyl sites for hydroxylation is 1. The van der Waals surface area contributed by atoms with Crippen LogP contribution in [-0.2, 0) is 14.3 Å². The van der Waals surface area contributed by atoms with Gasteiger partial charge in [-0.3, -0.25) is 4.79 Å². The molecule has 4 aliphatic rings. The second kappa shape index (κ2) is 7.14. The SMILES string of the molecule is Cc1ccccc1/C=C/C(=O)O[C@@H](C)C(=O)NC12CC3CC(CC(C3)C1)C2. The third-order valence-corrected chi connectivity index (χ3v) is 6.68. The minimum Gasteiger partial charge on any atom is -0.449 e. The molecule has 1 aromatic rings. The molecular formula is C23H29NO3. The van der Waals surface area contributed by atoms with Crippen molar-refractivity contribution in [2.24, 2.45) is 17.8 Å². The first-order chi connectivity index (χ1) is 12.9. The maximum Gasteiger partial charge on any atom is 0.331 e. The van der Waals surface area contributed by atoms with Gasteiger partial charge in [-0.2, -0.15) is 0 Å². The number of nitrogens with one attached hydrogen (secondary N) is 1. The number of rotatable bonds is 5. The number of esters is 1. The van der Waals surface area contributed by atoms with Crippen molar-refractivity contribution in [3.8, 4) is 0 Å². The van der Waals surface area contributed by atoms with Gasteiger partial charge in [-0.15, -0.1) is 0 Å². The van der Waals surface area contributed by atoms with Crippen molar-refractivity contribution in [2.75, 3.05) is 0 Å². The van der Waals surface area contributed by atoms with Gasteiger partial charge in [0.15, 0.2) is 6.10 Å². The van der Waals surface area contributed by atoms with Crippen LogP contribution in [-0.4, -0.2) is 23.5 Å². The molecule has 4 nitrogen and oxygen atoms in total. The fourth-order valence-corrected chi connectivity index (χ4v) is 5.83. The van der Waals surface area contributed by atoms with E-state index in [0.29, 0.717) is 0 Å². The number of amides is 1. The summed E-state index contributed by atoms with van der Waals surface area (Å²) in [5, 5.41) is 3.27. The first kappa shape index (κ1) is 18.3. The number of hydrogen-bond donors (Lipinski definition) is 1. The van der Waals surface area contributed by atoms with E-state index in [-0.39, 0.29) is 11.4 Å². The maximum absolute atomic E-state index is 12.7. The minimum absolute atomic E-state index is 0.0521. The standard InChI is InChI=1S/C23H29NO3/c1-15-5-3-4-6-20(15)7-8-21(25)27-16(2)22(26)24-23-12-17-9-18(13-23)11-19(10-17)14-23/h3-8,16-19H,9-14H2,1-2H3,(H,24,26)/b8-7+/t16-,17?,18?,19?,23?/m0/s1. The number of carbonyl (C=O) groups excluding carboxylic acids is 2. The molecule has 4 fully saturated rings. The summed E-state index contributed by atoms with van der Waals surface area (Å²) in [5.41, 5.74) is 2.01. The van der Waals surface area contributed by atoms with Gasteiger partial charge in [-0.1, -0.05) is 24.3 Å². The molecule has 1 atom stereocenters. The summed E-state index contributed by atoms with van der Waals surface area (Å²) in [6, 6.07) is 7.83. The molecule has 0 saturated heterocycles. The first-order valence-electron chi connectivity index (χ1n) is 10.2. The molecule has 0 heterocycles. The predicted octanol–water partition coefficient (Wildman–Crippen LogP) is 4.02. The molecule has 1 aromatic carbocycles. The van der Waals surface area contributed by atoms with Gasteiger partial charge in [0.2, 0.25) is 0 Å². The molecule has 4 heteroatoms. The highest BCUT2D eigenvalue weighted by Gasteiger charge is 2.51. The van der Waals surface area contributed by atoms with Gasteiger partial charge in [0, 0.05) is 11.6 Å². The van der Waals surface area contributed by atoms with E-state index in [9.17, 15) is 9.59 Å². The van der Waals surface area contributed by atoms with Gasteiger partial charge in [-0.05, 0) is 87.3 Å². The lowest BCUT2D eigenvalue weighted by atomic mass is 9.53. The zero-order chi connectivity index (χ0) is 19.0. The van der Waals surface area contributed by atoms with Crippen LogP contribution in [0.15, 0.2) is 30.3 Å². The van der Waals surface area contributed by atoms with Crippen LogP contribution in [0.2, 0.25) is 0 Å². The average Bonchev–Trinajstić information content (AvgIpc) is 2.59. The van der Waals surface area contributed by atoms with E-state index in [2.05, 4.69) is 5.32 Å². The molecular weight excluding hydrogens is 338 g/mol. The van der Waals surface area contributed by atoms with Crippen molar-refractivity contribution in [1.29, 1.82) is 0 Å². The Morgan fingerprint density at radius 2 is 1.70 bits per heavy atom. The highest BCUT2D eigenvalue weighted by atomic mass is 16.5. The fourth-order valence-electron chi connectivity index (χ4n) is 5.83. The van der Waals surface area contributed by atoms with Gasteiger partial charge in [0.1, 0.15) is 0 Å². The van der Waals surface area contributed by atoms with Crippen LogP contribution in [0, 0.1) is 24.7 Å². The van der Waals surface area contributed by atoms with E-state index in [4.69, 9.17) is 4.74 Å². The highest BCUT2D eigenvalue weighted by molar-refractivity contribution is 5.90. The Morgan fingerprint density at radius 3 is 2.30 bits per heavy atom. The van der Waals surface area contributed by atoms with Crippen LogP contribution in [0.1, 0.15) is 56.6 Å². The van der Waals surface area contributed by atoms with Crippen molar-refractivity contribution < 1.29 is 14.3 Å². The van der Waals surface area contributed by atoms with E-state index in [0.717, 1.165) is 48.1 Å². The van der Waals surface area contributed by atoms with Gasteiger partial charge in [0.25, 0.3) is 5.91 Å². The Balaban J connectivity index is 1.33. The zero-order valence-electron chi connectivity index (χ0n) is 16.2. The van der Waals surface area contributed by atoms with Gasteiger partial charge in [-0.25, -0.2) is 4.79 Å². The van der Waals surface area contributed by atoms with Crippen molar-refractivity contribution in [2.45, 2.75) is 64.0 Å². The summed E-state index contributed by atoms with van der Waals surface area (Å²) >= 11 is 0. The molecule has 144 valence electrons. The topological polar surface area (TPSA) is 55.4 Å². The van der Waals surface area contributed by atoms with Crippen molar-refractivity contribution in [3.63, 3.8) is 0 Å². The molecule has 0 spiro atoms. The Kier molecular flexibility index (Phi) is 4.83. The summed E-state index contributed by atoms with van der Waals surface area (Å²) < 4.78 is 5.35. The van der Waals surface area contributed by atoms with Crippen molar-refractivity contribution >= 4 is 18.0 Å². The molecule has 0 aliphatic heterocycles. The zero-order valence-corrected chi connectivity index (χ0v) is 16.2. The monoisotopic (exact) mass is 367 g/mol. The second-order valence-corrected chi connectivity index (χ2v) is 8.96. The molecule has 27 heavy (non-hydrogen) atoms. The van der Waals surface area contributed by atoms with Crippen LogP contribution in [0.25, 0.3) is 6.08 Å². The number of benzene rings is 1. The molecule has 1 N–H and O–H groups in total. The van der Waals surface area contributed by atoms with E-state index in [1.54, 1.807) is 13.0 Å². The van der Waals surface area contributed by atoms with Crippen LogP contribution >= 0.6 is 0 Å². The molecule has 0 unspecified atom stereocenters. The van der Waals surface area contributed by atoms with Gasteiger partial charge >= 0.3 is 5.97 Å².